The molecule has 4 rings (SSSR count). The summed E-state index contributed by atoms with van der Waals surface area (Å²) in [6, 6.07) is 20.5. The number of fused-ring (bicyclic) bond motifs is 1. The number of unbranched alkanes of at least 4 members (excludes halogenated alkanes) is 1. The van der Waals surface area contributed by atoms with Crippen LogP contribution in [0.15, 0.2) is 60.7 Å². The Morgan fingerprint density at radius 1 is 0.912 bits per heavy atom. The Bertz CT molecular complexity index is 1060. The van der Waals surface area contributed by atoms with Crippen LogP contribution in [-0.4, -0.2) is 34.7 Å². The second-order valence-electron chi connectivity index (χ2n) is 10.2. The monoisotopic (exact) mass is 479 g/mol. The number of hydrogen-bond donors (Lipinski definition) is 2. The standard InChI is InChI=1S/C30H38ClNO2/c1-21(2)25-10-9-22-6-5-7-27(28(22)20-25)30(34)24-15-18-32(19-16-24)17-4-3-8-29(33)23-11-13-26(31)14-12-23/h5-7,9-14,20-21,24,29-30,33-34H,3-4,8,15-19H2,1-2H3. The van der Waals surface area contributed by atoms with E-state index in [-0.39, 0.29) is 0 Å². The fraction of sp³-hybridized carbons (Fsp3) is 0.467. The maximum absolute atomic E-state index is 11.3. The van der Waals surface area contributed by atoms with Crippen molar-refractivity contribution >= 4 is 22.4 Å². The topological polar surface area (TPSA) is 43.7 Å². The molecular weight excluding hydrogens is 442 g/mol. The van der Waals surface area contributed by atoms with Gasteiger partial charge in [0.15, 0.2) is 0 Å². The van der Waals surface area contributed by atoms with Crippen molar-refractivity contribution in [1.82, 2.24) is 4.90 Å². The molecule has 1 fully saturated rings. The molecule has 2 unspecified atom stereocenters. The Hall–Kier alpha value is -1.91. The molecule has 1 heterocycles. The lowest BCUT2D eigenvalue weighted by Gasteiger charge is -2.34. The highest BCUT2D eigenvalue weighted by molar-refractivity contribution is 6.30. The zero-order valence-corrected chi connectivity index (χ0v) is 21.2. The van der Waals surface area contributed by atoms with Gasteiger partial charge in [0.25, 0.3) is 0 Å². The number of aliphatic hydroxyl groups is 2. The van der Waals surface area contributed by atoms with Crippen LogP contribution >= 0.6 is 11.6 Å². The highest BCUT2D eigenvalue weighted by Gasteiger charge is 2.27. The van der Waals surface area contributed by atoms with Crippen molar-refractivity contribution in [3.8, 4) is 0 Å². The molecule has 0 bridgehead atoms. The number of halogens is 1. The van der Waals surface area contributed by atoms with E-state index >= 15 is 0 Å². The summed E-state index contributed by atoms with van der Waals surface area (Å²) in [5.41, 5.74) is 3.34. The molecule has 4 heteroatoms. The number of benzene rings is 3. The summed E-state index contributed by atoms with van der Waals surface area (Å²) in [6.45, 7) is 7.55. The van der Waals surface area contributed by atoms with E-state index in [0.717, 1.165) is 62.9 Å². The predicted octanol–water partition coefficient (Wildman–Crippen LogP) is 7.27. The lowest BCUT2D eigenvalue weighted by atomic mass is 9.85. The SMILES string of the molecule is CC(C)c1ccc2cccc(C(O)C3CCN(CCCCC(O)c4ccc(Cl)cc4)CC3)c2c1. The van der Waals surface area contributed by atoms with Crippen LogP contribution in [0, 0.1) is 5.92 Å². The van der Waals surface area contributed by atoms with Gasteiger partial charge in [0, 0.05) is 5.02 Å². The average molecular weight is 480 g/mol. The van der Waals surface area contributed by atoms with Gasteiger partial charge < -0.3 is 15.1 Å². The van der Waals surface area contributed by atoms with E-state index < -0.39 is 12.2 Å². The molecule has 0 spiro atoms. The minimum absolute atomic E-state index is 0.302. The lowest BCUT2D eigenvalue weighted by molar-refractivity contribution is 0.0589. The van der Waals surface area contributed by atoms with Crippen molar-refractivity contribution < 1.29 is 10.2 Å². The normalized spacial score (nSPS) is 17.4. The Labute approximate surface area is 209 Å². The molecule has 3 nitrogen and oxygen atoms in total. The second kappa shape index (κ2) is 11.7. The molecule has 2 atom stereocenters. The van der Waals surface area contributed by atoms with E-state index in [4.69, 9.17) is 11.6 Å². The van der Waals surface area contributed by atoms with E-state index in [0.29, 0.717) is 16.9 Å². The summed E-state index contributed by atoms with van der Waals surface area (Å²) in [5.74, 6) is 0.779. The molecule has 1 saturated heterocycles. The van der Waals surface area contributed by atoms with Crippen molar-refractivity contribution in [1.29, 1.82) is 0 Å². The van der Waals surface area contributed by atoms with Crippen molar-refractivity contribution in [3.05, 3.63) is 82.4 Å². The minimum Gasteiger partial charge on any atom is -0.388 e. The number of hydrogen-bond acceptors (Lipinski definition) is 3. The summed E-state index contributed by atoms with van der Waals surface area (Å²) in [6.07, 6.45) is 4.07. The third-order valence-corrected chi connectivity index (χ3v) is 7.71. The van der Waals surface area contributed by atoms with Gasteiger partial charge in [-0.25, -0.2) is 0 Å². The first-order chi connectivity index (χ1) is 16.4. The Kier molecular flexibility index (Phi) is 8.65. The predicted molar refractivity (Wildman–Crippen MR) is 142 cm³/mol. The number of nitrogens with zero attached hydrogens (tertiary/aromatic N) is 1. The highest BCUT2D eigenvalue weighted by atomic mass is 35.5. The van der Waals surface area contributed by atoms with E-state index in [1.165, 1.54) is 16.3 Å². The van der Waals surface area contributed by atoms with Crippen molar-refractivity contribution in [2.45, 2.75) is 64.1 Å². The van der Waals surface area contributed by atoms with Gasteiger partial charge in [-0.2, -0.15) is 0 Å². The second-order valence-corrected chi connectivity index (χ2v) is 10.6. The zero-order valence-electron chi connectivity index (χ0n) is 20.5. The number of rotatable bonds is 9. The Morgan fingerprint density at radius 2 is 1.62 bits per heavy atom. The van der Waals surface area contributed by atoms with Crippen LogP contribution in [0.1, 0.15) is 80.8 Å². The summed E-state index contributed by atoms with van der Waals surface area (Å²) >= 11 is 5.93. The quantitative estimate of drug-likeness (QED) is 0.317. The van der Waals surface area contributed by atoms with Crippen LogP contribution in [0.25, 0.3) is 10.8 Å². The molecule has 3 aromatic carbocycles. The molecule has 3 aromatic rings. The highest BCUT2D eigenvalue weighted by Crippen LogP contribution is 2.35. The van der Waals surface area contributed by atoms with E-state index in [1.807, 2.05) is 24.3 Å². The van der Waals surface area contributed by atoms with Gasteiger partial charge in [-0.05, 0) is 103 Å². The van der Waals surface area contributed by atoms with E-state index in [9.17, 15) is 10.2 Å². The zero-order chi connectivity index (χ0) is 24.1. The molecule has 0 aliphatic carbocycles. The summed E-state index contributed by atoms with van der Waals surface area (Å²) in [4.78, 5) is 2.51. The smallest absolute Gasteiger partial charge is 0.0825 e. The third kappa shape index (κ3) is 6.20. The molecule has 0 radical (unpaired) electrons. The fourth-order valence-electron chi connectivity index (χ4n) is 5.20. The molecule has 1 aliphatic heterocycles. The van der Waals surface area contributed by atoms with Gasteiger partial charge in [-0.15, -0.1) is 0 Å². The maximum atomic E-state index is 11.3. The lowest BCUT2D eigenvalue weighted by Crippen LogP contribution is -2.36. The Morgan fingerprint density at radius 3 is 2.32 bits per heavy atom. The first-order valence-corrected chi connectivity index (χ1v) is 13.2. The van der Waals surface area contributed by atoms with Crippen LogP contribution in [0.3, 0.4) is 0 Å². The average Bonchev–Trinajstić information content (AvgIpc) is 2.86. The minimum atomic E-state index is -0.421. The van der Waals surface area contributed by atoms with Gasteiger partial charge in [-0.3, -0.25) is 0 Å². The molecule has 34 heavy (non-hydrogen) atoms. The first kappa shape index (κ1) is 25.2. The summed E-state index contributed by atoms with van der Waals surface area (Å²) in [5, 5.41) is 24.8. The number of piperidine rings is 1. The van der Waals surface area contributed by atoms with Gasteiger partial charge in [-0.1, -0.05) is 74.0 Å². The van der Waals surface area contributed by atoms with Crippen LogP contribution in [0.2, 0.25) is 5.02 Å². The van der Waals surface area contributed by atoms with Crippen LogP contribution < -0.4 is 0 Å². The van der Waals surface area contributed by atoms with Gasteiger partial charge >= 0.3 is 0 Å². The molecule has 1 aliphatic rings. The molecule has 0 amide bonds. The molecule has 0 saturated carbocycles. The van der Waals surface area contributed by atoms with Gasteiger partial charge in [0.05, 0.1) is 12.2 Å². The Balaban J connectivity index is 1.26. The summed E-state index contributed by atoms with van der Waals surface area (Å²) in [7, 11) is 0. The summed E-state index contributed by atoms with van der Waals surface area (Å²) < 4.78 is 0. The number of aliphatic hydroxyl groups excluding tert-OH is 2. The van der Waals surface area contributed by atoms with Gasteiger partial charge in [0.2, 0.25) is 0 Å². The van der Waals surface area contributed by atoms with Gasteiger partial charge in [0.1, 0.15) is 0 Å². The maximum Gasteiger partial charge on any atom is 0.0825 e. The molecule has 0 aromatic heterocycles. The first-order valence-electron chi connectivity index (χ1n) is 12.8. The number of likely N-dealkylation sites (tertiary alicyclic amines) is 1. The van der Waals surface area contributed by atoms with E-state index in [2.05, 4.69) is 55.1 Å². The largest absolute Gasteiger partial charge is 0.388 e. The molecular formula is C30H38ClNO2. The van der Waals surface area contributed by atoms with Crippen molar-refractivity contribution in [2.75, 3.05) is 19.6 Å². The molecule has 182 valence electrons. The van der Waals surface area contributed by atoms with Crippen LogP contribution in [-0.2, 0) is 0 Å². The third-order valence-electron chi connectivity index (χ3n) is 7.46. The van der Waals surface area contributed by atoms with E-state index in [1.54, 1.807) is 0 Å². The molecule has 2 N–H and O–H groups in total. The van der Waals surface area contributed by atoms with Crippen LogP contribution in [0.5, 0.6) is 0 Å². The fourth-order valence-corrected chi connectivity index (χ4v) is 5.33. The van der Waals surface area contributed by atoms with Crippen molar-refractivity contribution in [2.24, 2.45) is 5.92 Å². The van der Waals surface area contributed by atoms with Crippen LogP contribution in [0.4, 0.5) is 0 Å². The van der Waals surface area contributed by atoms with Crippen molar-refractivity contribution in [3.63, 3.8) is 0 Å².